The number of carbonyl (C=O) groups is 3. The third kappa shape index (κ3) is 7.50. The van der Waals surface area contributed by atoms with E-state index in [4.69, 9.17) is 28.3 Å². The standard InChI is InChI=1S/C18H16Cl2N2O4S/c19-11-1-6-14(20)15(9-11)22-17(24)10-27-13-4-2-12(3-5-13)21-16(23)7-8-18(25)26/h1-6,9H,7-8,10H2,(H,21,23)(H,22,24)(H,25,26). The van der Waals surface area contributed by atoms with Crippen molar-refractivity contribution in [1.29, 1.82) is 0 Å². The van der Waals surface area contributed by atoms with E-state index in [0.717, 1.165) is 4.90 Å². The quantitative estimate of drug-likeness (QED) is 0.538. The minimum Gasteiger partial charge on any atom is -0.481 e. The lowest BCUT2D eigenvalue weighted by molar-refractivity contribution is -0.138. The Balaban J connectivity index is 1.82. The number of nitrogens with one attached hydrogen (secondary N) is 2. The number of halogens is 2. The van der Waals surface area contributed by atoms with E-state index < -0.39 is 5.97 Å². The maximum absolute atomic E-state index is 12.1. The molecule has 0 unspecified atom stereocenters. The zero-order valence-corrected chi connectivity index (χ0v) is 16.3. The molecule has 0 spiro atoms. The molecule has 0 atom stereocenters. The number of rotatable bonds is 8. The number of anilines is 2. The van der Waals surface area contributed by atoms with Crippen molar-refractivity contribution in [3.63, 3.8) is 0 Å². The molecule has 0 aliphatic rings. The predicted octanol–water partition coefficient (Wildman–Crippen LogP) is 4.53. The van der Waals surface area contributed by atoms with Crippen LogP contribution in [0.3, 0.4) is 0 Å². The molecule has 0 aliphatic carbocycles. The molecule has 0 saturated carbocycles. The number of aliphatic carboxylic acids is 1. The fourth-order valence-electron chi connectivity index (χ4n) is 2.01. The second kappa shape index (κ2) is 10.2. The monoisotopic (exact) mass is 426 g/mol. The molecule has 0 bridgehead atoms. The third-order valence-electron chi connectivity index (χ3n) is 3.28. The highest BCUT2D eigenvalue weighted by molar-refractivity contribution is 8.00. The second-order valence-electron chi connectivity index (χ2n) is 5.43. The van der Waals surface area contributed by atoms with Crippen molar-refractivity contribution in [1.82, 2.24) is 0 Å². The summed E-state index contributed by atoms with van der Waals surface area (Å²) in [5.41, 5.74) is 1.01. The lowest BCUT2D eigenvalue weighted by Gasteiger charge is -2.08. The van der Waals surface area contributed by atoms with Crippen molar-refractivity contribution in [3.05, 3.63) is 52.5 Å². The number of amides is 2. The van der Waals surface area contributed by atoms with Gasteiger partial charge in [-0.2, -0.15) is 0 Å². The maximum atomic E-state index is 12.1. The summed E-state index contributed by atoms with van der Waals surface area (Å²) < 4.78 is 0. The molecule has 6 nitrogen and oxygen atoms in total. The minimum atomic E-state index is -1.02. The summed E-state index contributed by atoms with van der Waals surface area (Å²) in [7, 11) is 0. The molecular weight excluding hydrogens is 411 g/mol. The number of benzene rings is 2. The van der Waals surface area contributed by atoms with Gasteiger partial charge in [-0.1, -0.05) is 23.2 Å². The second-order valence-corrected chi connectivity index (χ2v) is 7.32. The zero-order valence-electron chi connectivity index (χ0n) is 14.0. The third-order valence-corrected chi connectivity index (χ3v) is 4.85. The highest BCUT2D eigenvalue weighted by Gasteiger charge is 2.09. The number of hydrogen-bond donors (Lipinski definition) is 3. The van der Waals surface area contributed by atoms with Crippen LogP contribution in [0, 0.1) is 0 Å². The molecule has 0 heterocycles. The van der Waals surface area contributed by atoms with Crippen molar-refractivity contribution in [3.8, 4) is 0 Å². The number of carboxylic acid groups (broad SMARTS) is 1. The summed E-state index contributed by atoms with van der Waals surface area (Å²) in [6.07, 6.45) is -0.302. The molecule has 3 N–H and O–H groups in total. The van der Waals surface area contributed by atoms with E-state index in [1.54, 1.807) is 42.5 Å². The Labute approximate surface area is 170 Å². The first-order valence-electron chi connectivity index (χ1n) is 7.83. The van der Waals surface area contributed by atoms with Gasteiger partial charge in [0.05, 0.1) is 22.9 Å². The fourth-order valence-corrected chi connectivity index (χ4v) is 3.04. The molecule has 0 saturated heterocycles. The fraction of sp³-hybridized carbons (Fsp3) is 0.167. The van der Waals surface area contributed by atoms with Crippen LogP contribution in [-0.2, 0) is 14.4 Å². The van der Waals surface area contributed by atoms with Crippen LogP contribution in [0.2, 0.25) is 10.0 Å². The molecule has 9 heteroatoms. The smallest absolute Gasteiger partial charge is 0.303 e. The van der Waals surface area contributed by atoms with Crippen molar-refractivity contribution >= 4 is 64.1 Å². The molecule has 0 fully saturated rings. The molecular formula is C18H16Cl2N2O4S. The Morgan fingerprint density at radius 2 is 1.63 bits per heavy atom. The van der Waals surface area contributed by atoms with Gasteiger partial charge < -0.3 is 15.7 Å². The minimum absolute atomic E-state index is 0.0852. The Kier molecular flexibility index (Phi) is 7.97. The van der Waals surface area contributed by atoms with Gasteiger partial charge in [-0.05, 0) is 42.5 Å². The van der Waals surface area contributed by atoms with Crippen molar-refractivity contribution in [2.75, 3.05) is 16.4 Å². The normalized spacial score (nSPS) is 10.3. The van der Waals surface area contributed by atoms with Gasteiger partial charge in [0.15, 0.2) is 0 Å². The maximum Gasteiger partial charge on any atom is 0.303 e. The van der Waals surface area contributed by atoms with Gasteiger partial charge in [-0.3, -0.25) is 14.4 Å². The van der Waals surface area contributed by atoms with Crippen LogP contribution in [0.15, 0.2) is 47.4 Å². The number of thioether (sulfide) groups is 1. The average Bonchev–Trinajstić information content (AvgIpc) is 2.62. The molecule has 0 aliphatic heterocycles. The van der Waals surface area contributed by atoms with Crippen LogP contribution < -0.4 is 10.6 Å². The summed E-state index contributed by atoms with van der Waals surface area (Å²) in [4.78, 5) is 34.9. The summed E-state index contributed by atoms with van der Waals surface area (Å²) >= 11 is 13.2. The van der Waals surface area contributed by atoms with Gasteiger partial charge in [0.25, 0.3) is 0 Å². The Hall–Kier alpha value is -2.22. The van der Waals surface area contributed by atoms with Crippen LogP contribution in [0.5, 0.6) is 0 Å². The lowest BCUT2D eigenvalue weighted by atomic mass is 10.2. The molecule has 0 radical (unpaired) electrons. The summed E-state index contributed by atoms with van der Waals surface area (Å²) in [6, 6.07) is 11.7. The van der Waals surface area contributed by atoms with E-state index in [-0.39, 0.29) is 30.4 Å². The van der Waals surface area contributed by atoms with E-state index in [1.807, 2.05) is 0 Å². The molecule has 2 aromatic rings. The number of carbonyl (C=O) groups excluding carboxylic acids is 2. The van der Waals surface area contributed by atoms with Gasteiger partial charge in [-0.25, -0.2) is 0 Å². The van der Waals surface area contributed by atoms with E-state index >= 15 is 0 Å². The predicted molar refractivity (Wildman–Crippen MR) is 108 cm³/mol. The topological polar surface area (TPSA) is 95.5 Å². The first-order valence-corrected chi connectivity index (χ1v) is 9.57. The summed E-state index contributed by atoms with van der Waals surface area (Å²) in [6.45, 7) is 0. The van der Waals surface area contributed by atoms with E-state index in [9.17, 15) is 14.4 Å². The average molecular weight is 427 g/mol. The van der Waals surface area contributed by atoms with Gasteiger partial charge in [0.1, 0.15) is 0 Å². The summed E-state index contributed by atoms with van der Waals surface area (Å²) in [5, 5.41) is 14.8. The van der Waals surface area contributed by atoms with E-state index in [0.29, 0.717) is 21.4 Å². The molecule has 2 aromatic carbocycles. The Bertz CT molecular complexity index is 844. The Morgan fingerprint density at radius 3 is 2.30 bits per heavy atom. The van der Waals surface area contributed by atoms with Crippen LogP contribution in [-0.4, -0.2) is 28.6 Å². The van der Waals surface area contributed by atoms with Crippen molar-refractivity contribution in [2.24, 2.45) is 0 Å². The van der Waals surface area contributed by atoms with E-state index in [1.165, 1.54) is 11.8 Å². The highest BCUT2D eigenvalue weighted by atomic mass is 35.5. The highest BCUT2D eigenvalue weighted by Crippen LogP contribution is 2.26. The van der Waals surface area contributed by atoms with Crippen LogP contribution in [0.4, 0.5) is 11.4 Å². The molecule has 142 valence electrons. The number of hydrogen-bond acceptors (Lipinski definition) is 4. The first kappa shape index (κ1) is 21.1. The Morgan fingerprint density at radius 1 is 0.926 bits per heavy atom. The number of carboxylic acids is 1. The van der Waals surface area contributed by atoms with Crippen LogP contribution >= 0.6 is 35.0 Å². The largest absolute Gasteiger partial charge is 0.481 e. The molecule has 2 amide bonds. The van der Waals surface area contributed by atoms with Crippen molar-refractivity contribution < 1.29 is 19.5 Å². The van der Waals surface area contributed by atoms with E-state index in [2.05, 4.69) is 10.6 Å². The molecule has 27 heavy (non-hydrogen) atoms. The first-order chi connectivity index (χ1) is 12.8. The van der Waals surface area contributed by atoms with Crippen LogP contribution in [0.25, 0.3) is 0 Å². The summed E-state index contributed by atoms with van der Waals surface area (Å²) in [5.74, 6) is -1.44. The van der Waals surface area contributed by atoms with Gasteiger partial charge >= 0.3 is 5.97 Å². The van der Waals surface area contributed by atoms with Gasteiger partial charge in [0, 0.05) is 22.0 Å². The van der Waals surface area contributed by atoms with Gasteiger partial charge in [0.2, 0.25) is 11.8 Å². The van der Waals surface area contributed by atoms with Gasteiger partial charge in [-0.15, -0.1) is 11.8 Å². The zero-order chi connectivity index (χ0) is 19.8. The SMILES string of the molecule is O=C(O)CCC(=O)Nc1ccc(SCC(=O)Nc2cc(Cl)ccc2Cl)cc1. The van der Waals surface area contributed by atoms with Crippen molar-refractivity contribution in [2.45, 2.75) is 17.7 Å². The molecule has 2 rings (SSSR count). The van der Waals surface area contributed by atoms with Crippen LogP contribution in [0.1, 0.15) is 12.8 Å². The lowest BCUT2D eigenvalue weighted by Crippen LogP contribution is -2.14. The molecule has 0 aromatic heterocycles.